The highest BCUT2D eigenvalue weighted by molar-refractivity contribution is 5.92. The number of hydrogen-bond acceptors (Lipinski definition) is 8. The number of alkyl halides is 3. The molecule has 10 nitrogen and oxygen atoms in total. The summed E-state index contributed by atoms with van der Waals surface area (Å²) in [4.78, 5) is 31.0. The predicted octanol–water partition coefficient (Wildman–Crippen LogP) is 4.31. The maximum absolute atomic E-state index is 13.0. The third kappa shape index (κ3) is 9.35. The van der Waals surface area contributed by atoms with Gasteiger partial charge in [-0.2, -0.15) is 13.2 Å². The van der Waals surface area contributed by atoms with Crippen LogP contribution in [0.2, 0.25) is 0 Å². The maximum Gasteiger partial charge on any atom is 0.490 e. The van der Waals surface area contributed by atoms with Crippen LogP contribution in [-0.4, -0.2) is 64.0 Å². The summed E-state index contributed by atoms with van der Waals surface area (Å²) in [5, 5.41) is 19.6. The zero-order valence-corrected chi connectivity index (χ0v) is 22.9. The van der Waals surface area contributed by atoms with Gasteiger partial charge in [0.25, 0.3) is 5.91 Å². The quantitative estimate of drug-likeness (QED) is 0.160. The zero-order valence-electron chi connectivity index (χ0n) is 22.9. The number of halogens is 4. The Morgan fingerprint density at radius 1 is 1.00 bits per heavy atom. The van der Waals surface area contributed by atoms with Crippen LogP contribution >= 0.6 is 0 Å². The van der Waals surface area contributed by atoms with Crippen molar-refractivity contribution in [2.45, 2.75) is 44.0 Å². The topological polar surface area (TPSA) is 137 Å². The predicted molar refractivity (Wildman–Crippen MR) is 146 cm³/mol. The van der Waals surface area contributed by atoms with Crippen molar-refractivity contribution in [3.05, 3.63) is 83.4 Å². The molecule has 2 aromatic carbocycles. The van der Waals surface area contributed by atoms with E-state index < -0.39 is 18.1 Å². The number of carboxylic acids is 1. The number of nitrogens with zero attached hydrogens (tertiary/aromatic N) is 3. The van der Waals surface area contributed by atoms with Gasteiger partial charge in [-0.3, -0.25) is 10.0 Å². The highest BCUT2D eigenvalue weighted by Gasteiger charge is 2.39. The van der Waals surface area contributed by atoms with Gasteiger partial charge in [0, 0.05) is 37.4 Å². The monoisotopic (exact) mass is 605 g/mol. The van der Waals surface area contributed by atoms with E-state index in [9.17, 15) is 22.4 Å². The molecule has 0 bridgehead atoms. The standard InChI is InChI=1S/C27H30FN5O3.C2HF3O2/c28-22-5-1-19(2-6-22)17-36-23-7-3-20(4-8-23)24-13-25(24)29-14-18-9-11-33(12-10-18)27-30-15-21(16-31-27)26(34)32-35;3-2(4,5)1(6)7/h1-8,15-16,18,24-25,29,35H,9-14,17H2,(H,32,34);(H,6,7). The van der Waals surface area contributed by atoms with E-state index in [1.54, 1.807) is 17.6 Å². The number of nitrogens with one attached hydrogen (secondary N) is 2. The number of benzene rings is 2. The molecule has 0 radical (unpaired) electrons. The molecule has 1 amide bonds. The number of ether oxygens (including phenoxy) is 1. The van der Waals surface area contributed by atoms with Crippen LogP contribution in [0.5, 0.6) is 5.75 Å². The molecular weight excluding hydrogens is 574 g/mol. The average Bonchev–Trinajstić information content (AvgIpc) is 3.79. The molecule has 2 atom stereocenters. The summed E-state index contributed by atoms with van der Waals surface area (Å²) in [7, 11) is 0. The molecule has 1 aliphatic carbocycles. The van der Waals surface area contributed by atoms with Crippen LogP contribution in [0, 0.1) is 11.7 Å². The fraction of sp³-hybridized carbons (Fsp3) is 0.379. The lowest BCUT2D eigenvalue weighted by Crippen LogP contribution is -2.38. The van der Waals surface area contributed by atoms with Crippen molar-refractivity contribution in [2.75, 3.05) is 24.5 Å². The Balaban J connectivity index is 0.000000541. The van der Waals surface area contributed by atoms with Gasteiger partial charge in [-0.1, -0.05) is 24.3 Å². The van der Waals surface area contributed by atoms with Crippen LogP contribution in [0.4, 0.5) is 23.5 Å². The van der Waals surface area contributed by atoms with Crippen LogP contribution in [0.25, 0.3) is 0 Å². The Hall–Kier alpha value is -4.30. The molecule has 3 aromatic rings. The van der Waals surface area contributed by atoms with Gasteiger partial charge in [-0.05, 0) is 67.1 Å². The number of piperidine rings is 1. The number of carbonyl (C=O) groups excluding carboxylic acids is 1. The Morgan fingerprint density at radius 3 is 2.16 bits per heavy atom. The molecule has 2 heterocycles. The smallest absolute Gasteiger partial charge is 0.489 e. The summed E-state index contributed by atoms with van der Waals surface area (Å²) < 4.78 is 50.6. The second-order valence-corrected chi connectivity index (χ2v) is 10.3. The molecule has 2 aliphatic rings. The van der Waals surface area contributed by atoms with E-state index in [1.807, 2.05) is 12.1 Å². The van der Waals surface area contributed by atoms with Crippen LogP contribution in [0.15, 0.2) is 60.9 Å². The van der Waals surface area contributed by atoms with E-state index in [4.69, 9.17) is 19.8 Å². The molecule has 2 fully saturated rings. The largest absolute Gasteiger partial charge is 0.490 e. The number of amides is 1. The van der Waals surface area contributed by atoms with E-state index in [0.717, 1.165) is 50.2 Å². The molecule has 1 aromatic heterocycles. The summed E-state index contributed by atoms with van der Waals surface area (Å²) in [5.74, 6) is -1.03. The molecule has 1 saturated carbocycles. The Bertz CT molecular complexity index is 1350. The van der Waals surface area contributed by atoms with E-state index in [2.05, 4.69) is 32.3 Å². The van der Waals surface area contributed by atoms with E-state index >= 15 is 0 Å². The normalized spacial score (nSPS) is 18.3. The van der Waals surface area contributed by atoms with Gasteiger partial charge in [0.05, 0.1) is 5.56 Å². The fourth-order valence-electron chi connectivity index (χ4n) is 4.67. The summed E-state index contributed by atoms with van der Waals surface area (Å²) in [5.41, 5.74) is 4.08. The van der Waals surface area contributed by atoms with E-state index in [0.29, 0.717) is 30.4 Å². The molecule has 1 aliphatic heterocycles. The summed E-state index contributed by atoms with van der Waals surface area (Å²) in [6, 6.07) is 15.2. The Labute approximate surface area is 244 Å². The number of rotatable bonds is 9. The third-order valence-corrected chi connectivity index (χ3v) is 7.23. The molecule has 2 unspecified atom stereocenters. The number of carbonyl (C=O) groups is 2. The van der Waals surface area contributed by atoms with E-state index in [-0.39, 0.29) is 11.4 Å². The lowest BCUT2D eigenvalue weighted by molar-refractivity contribution is -0.192. The number of anilines is 1. The lowest BCUT2D eigenvalue weighted by atomic mass is 9.97. The van der Waals surface area contributed by atoms with Gasteiger partial charge in [0.2, 0.25) is 5.95 Å². The number of hydroxylamine groups is 1. The summed E-state index contributed by atoms with van der Waals surface area (Å²) in [6.07, 6.45) is 1.05. The number of hydrogen-bond donors (Lipinski definition) is 4. The van der Waals surface area contributed by atoms with Crippen molar-refractivity contribution >= 4 is 17.8 Å². The molecular formula is C29H31F4N5O5. The Kier molecular flexibility index (Phi) is 10.5. The van der Waals surface area contributed by atoms with Gasteiger partial charge >= 0.3 is 12.1 Å². The zero-order chi connectivity index (χ0) is 31.0. The molecule has 0 spiro atoms. The van der Waals surface area contributed by atoms with Crippen molar-refractivity contribution in [2.24, 2.45) is 5.92 Å². The van der Waals surface area contributed by atoms with Gasteiger partial charge in [0.15, 0.2) is 0 Å². The first kappa shape index (κ1) is 31.6. The minimum atomic E-state index is -5.08. The minimum Gasteiger partial charge on any atom is -0.489 e. The van der Waals surface area contributed by atoms with Gasteiger partial charge < -0.3 is 20.1 Å². The molecule has 230 valence electrons. The third-order valence-electron chi connectivity index (χ3n) is 7.23. The summed E-state index contributed by atoms with van der Waals surface area (Å²) in [6.45, 7) is 3.19. The van der Waals surface area contributed by atoms with Crippen molar-refractivity contribution in [3.8, 4) is 5.75 Å². The first-order valence-electron chi connectivity index (χ1n) is 13.6. The van der Waals surface area contributed by atoms with Gasteiger partial charge in [0.1, 0.15) is 18.2 Å². The molecule has 4 N–H and O–H groups in total. The number of aromatic nitrogens is 2. The highest BCUT2D eigenvalue weighted by Crippen LogP contribution is 2.41. The van der Waals surface area contributed by atoms with Gasteiger partial charge in [-0.15, -0.1) is 0 Å². The van der Waals surface area contributed by atoms with Crippen molar-refractivity contribution in [3.63, 3.8) is 0 Å². The molecule has 14 heteroatoms. The first-order chi connectivity index (χ1) is 20.5. The van der Waals surface area contributed by atoms with Gasteiger partial charge in [-0.25, -0.2) is 24.6 Å². The summed E-state index contributed by atoms with van der Waals surface area (Å²) >= 11 is 0. The van der Waals surface area contributed by atoms with Crippen molar-refractivity contribution in [1.82, 2.24) is 20.8 Å². The number of aliphatic carboxylic acids is 1. The van der Waals surface area contributed by atoms with Crippen LogP contribution in [0.3, 0.4) is 0 Å². The molecule has 43 heavy (non-hydrogen) atoms. The van der Waals surface area contributed by atoms with E-state index in [1.165, 1.54) is 30.1 Å². The first-order valence-corrected chi connectivity index (χ1v) is 13.6. The van der Waals surface area contributed by atoms with Crippen molar-refractivity contribution < 1.29 is 42.2 Å². The lowest BCUT2D eigenvalue weighted by Gasteiger charge is -2.32. The average molecular weight is 606 g/mol. The number of carboxylic acid groups (broad SMARTS) is 1. The van der Waals surface area contributed by atoms with Crippen molar-refractivity contribution in [1.29, 1.82) is 0 Å². The van der Waals surface area contributed by atoms with Crippen LogP contribution in [0.1, 0.15) is 46.7 Å². The fourth-order valence-corrected chi connectivity index (χ4v) is 4.67. The van der Waals surface area contributed by atoms with Crippen LogP contribution in [-0.2, 0) is 11.4 Å². The second kappa shape index (κ2) is 14.2. The minimum absolute atomic E-state index is 0.228. The SMILES string of the molecule is O=C(NO)c1cnc(N2CCC(CNC3CC3c3ccc(OCc4ccc(F)cc4)cc3)CC2)nc1.O=C(O)C(F)(F)F. The molecule has 1 saturated heterocycles. The highest BCUT2D eigenvalue weighted by atomic mass is 19.4. The van der Waals surface area contributed by atoms with Crippen LogP contribution < -0.4 is 20.4 Å². The second-order valence-electron chi connectivity index (χ2n) is 10.3. The maximum atomic E-state index is 13.0. The molecule has 5 rings (SSSR count). The Morgan fingerprint density at radius 2 is 1.60 bits per heavy atom.